The van der Waals surface area contributed by atoms with Crippen molar-refractivity contribution in [3.8, 4) is 12.3 Å². The third-order valence-corrected chi connectivity index (χ3v) is 3.35. The van der Waals surface area contributed by atoms with E-state index in [4.69, 9.17) is 11.2 Å². The molecule has 4 heteroatoms. The largest absolute Gasteiger partial charge is 0.396 e. The van der Waals surface area contributed by atoms with Gasteiger partial charge in [-0.05, 0) is 17.7 Å². The number of nitrogens with zero attached hydrogens (tertiary/aromatic N) is 1. The Bertz CT molecular complexity index is 443. The highest BCUT2D eigenvalue weighted by atomic mass is 19.1. The highest BCUT2D eigenvalue weighted by Gasteiger charge is 2.39. The standard InChI is InChI=1S/C15H18FNO2/c1-2-7-17(9-15(10-18)11-19-12-15)8-13-3-5-14(16)6-4-13/h1,3-6,18H,7-12H2. The Kier molecular flexibility index (Phi) is 4.54. The van der Waals surface area contributed by atoms with Crippen molar-refractivity contribution in [2.75, 3.05) is 32.9 Å². The Morgan fingerprint density at radius 2 is 2.05 bits per heavy atom. The van der Waals surface area contributed by atoms with Gasteiger partial charge in [0.15, 0.2) is 0 Å². The molecule has 102 valence electrons. The lowest BCUT2D eigenvalue weighted by molar-refractivity contribution is -0.148. The first-order valence-electron chi connectivity index (χ1n) is 6.26. The summed E-state index contributed by atoms with van der Waals surface area (Å²) in [6.45, 7) is 3.05. The maximum atomic E-state index is 12.9. The molecule has 0 aromatic heterocycles. The minimum absolute atomic E-state index is 0.0947. The van der Waals surface area contributed by atoms with E-state index in [0.29, 0.717) is 32.8 Å². The van der Waals surface area contributed by atoms with Gasteiger partial charge in [0.05, 0.1) is 31.8 Å². The van der Waals surface area contributed by atoms with Crippen LogP contribution in [0.5, 0.6) is 0 Å². The number of hydrogen-bond acceptors (Lipinski definition) is 3. The first-order chi connectivity index (χ1) is 9.17. The molecular weight excluding hydrogens is 245 g/mol. The quantitative estimate of drug-likeness (QED) is 0.785. The van der Waals surface area contributed by atoms with Gasteiger partial charge < -0.3 is 9.84 Å². The zero-order chi connectivity index (χ0) is 13.7. The molecule has 1 saturated heterocycles. The summed E-state index contributed by atoms with van der Waals surface area (Å²) in [5.41, 5.74) is 0.807. The number of aliphatic hydroxyl groups excluding tert-OH is 1. The van der Waals surface area contributed by atoms with Gasteiger partial charge in [0.2, 0.25) is 0 Å². The van der Waals surface area contributed by atoms with Crippen molar-refractivity contribution in [1.82, 2.24) is 4.90 Å². The lowest BCUT2D eigenvalue weighted by atomic mass is 9.86. The van der Waals surface area contributed by atoms with Crippen molar-refractivity contribution in [1.29, 1.82) is 0 Å². The van der Waals surface area contributed by atoms with Crippen LogP contribution in [-0.4, -0.2) is 42.9 Å². The molecule has 2 rings (SSSR count). The van der Waals surface area contributed by atoms with Crippen molar-refractivity contribution in [2.24, 2.45) is 5.41 Å². The van der Waals surface area contributed by atoms with Crippen LogP contribution in [0.3, 0.4) is 0 Å². The van der Waals surface area contributed by atoms with Gasteiger partial charge in [-0.2, -0.15) is 0 Å². The van der Waals surface area contributed by atoms with Gasteiger partial charge in [0.25, 0.3) is 0 Å². The van der Waals surface area contributed by atoms with Crippen molar-refractivity contribution < 1.29 is 14.2 Å². The minimum Gasteiger partial charge on any atom is -0.396 e. The van der Waals surface area contributed by atoms with E-state index in [1.807, 2.05) is 0 Å². The molecule has 1 aromatic rings. The van der Waals surface area contributed by atoms with Gasteiger partial charge >= 0.3 is 0 Å². The van der Waals surface area contributed by atoms with Crippen LogP contribution in [0.2, 0.25) is 0 Å². The van der Waals surface area contributed by atoms with E-state index in [2.05, 4.69) is 10.8 Å². The molecule has 1 heterocycles. The van der Waals surface area contributed by atoms with E-state index in [0.717, 1.165) is 5.56 Å². The smallest absolute Gasteiger partial charge is 0.123 e. The maximum absolute atomic E-state index is 12.9. The third-order valence-electron chi connectivity index (χ3n) is 3.35. The number of terminal acetylenes is 1. The summed E-state index contributed by atoms with van der Waals surface area (Å²) in [6, 6.07) is 6.39. The molecule has 1 N–H and O–H groups in total. The number of rotatable bonds is 6. The molecule has 1 aromatic carbocycles. The van der Waals surface area contributed by atoms with Crippen molar-refractivity contribution in [3.63, 3.8) is 0 Å². The molecule has 0 unspecified atom stereocenters. The zero-order valence-electron chi connectivity index (χ0n) is 10.8. The molecule has 0 spiro atoms. The van der Waals surface area contributed by atoms with E-state index in [1.165, 1.54) is 12.1 Å². The molecule has 1 fully saturated rings. The van der Waals surface area contributed by atoms with Crippen LogP contribution in [0.25, 0.3) is 0 Å². The Balaban J connectivity index is 1.99. The molecule has 3 nitrogen and oxygen atoms in total. The highest BCUT2D eigenvalue weighted by molar-refractivity contribution is 5.16. The molecule has 0 amide bonds. The second-order valence-corrected chi connectivity index (χ2v) is 5.13. The van der Waals surface area contributed by atoms with E-state index in [1.54, 1.807) is 12.1 Å². The molecule has 19 heavy (non-hydrogen) atoms. The highest BCUT2D eigenvalue weighted by Crippen LogP contribution is 2.28. The van der Waals surface area contributed by atoms with Crippen LogP contribution >= 0.6 is 0 Å². The lowest BCUT2D eigenvalue weighted by Crippen LogP contribution is -2.53. The van der Waals surface area contributed by atoms with Gasteiger partial charge in [0, 0.05) is 13.1 Å². The number of hydrogen-bond donors (Lipinski definition) is 1. The minimum atomic E-state index is -0.244. The van der Waals surface area contributed by atoms with Gasteiger partial charge in [-0.3, -0.25) is 4.90 Å². The second kappa shape index (κ2) is 6.16. The van der Waals surface area contributed by atoms with Crippen molar-refractivity contribution in [3.05, 3.63) is 35.6 Å². The van der Waals surface area contributed by atoms with Crippen LogP contribution < -0.4 is 0 Å². The Hall–Kier alpha value is -1.41. The monoisotopic (exact) mass is 263 g/mol. The predicted molar refractivity (Wildman–Crippen MR) is 70.8 cm³/mol. The summed E-state index contributed by atoms with van der Waals surface area (Å²) in [5, 5.41) is 9.45. The summed E-state index contributed by atoms with van der Waals surface area (Å²) >= 11 is 0. The van der Waals surface area contributed by atoms with Crippen LogP contribution in [0, 0.1) is 23.6 Å². The fourth-order valence-electron chi connectivity index (χ4n) is 2.24. The average Bonchev–Trinajstić information content (AvgIpc) is 2.37. The fraction of sp³-hybridized carbons (Fsp3) is 0.467. The fourth-order valence-corrected chi connectivity index (χ4v) is 2.24. The van der Waals surface area contributed by atoms with Gasteiger partial charge in [-0.1, -0.05) is 18.1 Å². The van der Waals surface area contributed by atoms with Crippen LogP contribution in [0.4, 0.5) is 4.39 Å². The maximum Gasteiger partial charge on any atom is 0.123 e. The Labute approximate surface area is 113 Å². The van der Waals surface area contributed by atoms with Gasteiger partial charge in [-0.15, -0.1) is 6.42 Å². The topological polar surface area (TPSA) is 32.7 Å². The molecule has 1 aliphatic heterocycles. The van der Waals surface area contributed by atoms with Crippen LogP contribution in [-0.2, 0) is 11.3 Å². The molecule has 0 saturated carbocycles. The van der Waals surface area contributed by atoms with E-state index in [-0.39, 0.29) is 17.8 Å². The lowest BCUT2D eigenvalue weighted by Gasteiger charge is -2.43. The first-order valence-corrected chi connectivity index (χ1v) is 6.26. The molecule has 0 bridgehead atoms. The van der Waals surface area contributed by atoms with Crippen LogP contribution in [0.15, 0.2) is 24.3 Å². The summed E-state index contributed by atoms with van der Waals surface area (Å²) in [4.78, 5) is 2.08. The van der Waals surface area contributed by atoms with E-state index >= 15 is 0 Å². The van der Waals surface area contributed by atoms with Crippen LogP contribution in [0.1, 0.15) is 5.56 Å². The number of halogens is 1. The number of aliphatic hydroxyl groups is 1. The first kappa shape index (κ1) is 14.0. The van der Waals surface area contributed by atoms with Gasteiger partial charge in [0.1, 0.15) is 5.82 Å². The molecular formula is C15H18FNO2. The third kappa shape index (κ3) is 3.54. The normalized spacial score (nSPS) is 16.9. The molecule has 0 radical (unpaired) electrons. The molecule has 0 atom stereocenters. The SMILES string of the molecule is C#CCN(Cc1ccc(F)cc1)CC1(CO)COC1. The van der Waals surface area contributed by atoms with E-state index < -0.39 is 0 Å². The zero-order valence-corrected chi connectivity index (χ0v) is 10.8. The summed E-state index contributed by atoms with van der Waals surface area (Å²) in [7, 11) is 0. The summed E-state index contributed by atoms with van der Waals surface area (Å²) in [5.74, 6) is 2.38. The van der Waals surface area contributed by atoms with Gasteiger partial charge in [-0.25, -0.2) is 4.39 Å². The summed E-state index contributed by atoms with van der Waals surface area (Å²) < 4.78 is 18.1. The van der Waals surface area contributed by atoms with E-state index in [9.17, 15) is 9.50 Å². The van der Waals surface area contributed by atoms with Crippen molar-refractivity contribution in [2.45, 2.75) is 6.54 Å². The number of benzene rings is 1. The Morgan fingerprint density at radius 3 is 2.53 bits per heavy atom. The second-order valence-electron chi connectivity index (χ2n) is 5.13. The Morgan fingerprint density at radius 1 is 1.37 bits per heavy atom. The molecule has 1 aliphatic rings. The molecule has 0 aliphatic carbocycles. The number of ether oxygens (including phenoxy) is 1. The van der Waals surface area contributed by atoms with Crippen molar-refractivity contribution >= 4 is 0 Å². The predicted octanol–water partition coefficient (Wildman–Crippen LogP) is 1.27. The average molecular weight is 263 g/mol. The summed E-state index contributed by atoms with van der Waals surface area (Å²) in [6.07, 6.45) is 5.38.